The third kappa shape index (κ3) is 5.56. The van der Waals surface area contributed by atoms with Gasteiger partial charge in [0.15, 0.2) is 17.5 Å². The van der Waals surface area contributed by atoms with Crippen molar-refractivity contribution < 1.29 is 4.42 Å². The predicted molar refractivity (Wildman–Crippen MR) is 237 cm³/mol. The molecule has 0 fully saturated rings. The summed E-state index contributed by atoms with van der Waals surface area (Å²) in [4.78, 5) is 15.3. The van der Waals surface area contributed by atoms with E-state index >= 15 is 0 Å². The summed E-state index contributed by atoms with van der Waals surface area (Å²) in [7, 11) is 0. The molecule has 0 spiro atoms. The van der Waals surface area contributed by atoms with Gasteiger partial charge in [-0.3, -0.25) is 0 Å². The molecule has 1 aliphatic carbocycles. The molecule has 0 unspecified atom stereocenters. The van der Waals surface area contributed by atoms with Gasteiger partial charge in [-0.25, -0.2) is 15.0 Å². The third-order valence-electron chi connectivity index (χ3n) is 11.7. The minimum absolute atomic E-state index is 0.137. The summed E-state index contributed by atoms with van der Waals surface area (Å²) in [6.45, 7) is 4.66. The van der Waals surface area contributed by atoms with Crippen molar-refractivity contribution in [3.63, 3.8) is 0 Å². The van der Waals surface area contributed by atoms with Gasteiger partial charge in [-0.15, -0.1) is 0 Å². The van der Waals surface area contributed by atoms with Gasteiger partial charge < -0.3 is 4.42 Å². The first-order valence-electron chi connectivity index (χ1n) is 19.8. The van der Waals surface area contributed by atoms with Gasteiger partial charge in [0, 0.05) is 32.9 Å². The standard InChI is InChI=1S/C54H37N3O/c1-54(2)46-27-10-9-23-43(46)44-26-13-25-42(50(44)54)38-21-12-22-39(32-38)52-55-51(35-17-7-4-8-18-35)56-53(57-52)40-29-30-45-48(33-40)58-47-28-14-24-41(49(45)47)37-20-11-19-36(31-37)34-15-5-3-6-16-34/h3-33H,1-2H3. The molecule has 0 saturated carbocycles. The van der Waals surface area contributed by atoms with Gasteiger partial charge in [0.05, 0.1) is 0 Å². The molecule has 58 heavy (non-hydrogen) atoms. The zero-order valence-electron chi connectivity index (χ0n) is 32.1. The lowest BCUT2D eigenvalue weighted by Gasteiger charge is -2.24. The van der Waals surface area contributed by atoms with Crippen molar-refractivity contribution in [1.82, 2.24) is 15.0 Å². The number of hydrogen-bond donors (Lipinski definition) is 0. The smallest absolute Gasteiger partial charge is 0.164 e. The summed E-state index contributed by atoms with van der Waals surface area (Å²) in [5.41, 5.74) is 16.5. The molecular formula is C54H37N3O. The van der Waals surface area contributed by atoms with E-state index < -0.39 is 0 Å². The highest BCUT2D eigenvalue weighted by molar-refractivity contribution is 6.13. The molecule has 2 heterocycles. The molecule has 4 nitrogen and oxygen atoms in total. The first-order valence-corrected chi connectivity index (χ1v) is 19.8. The van der Waals surface area contributed by atoms with Crippen molar-refractivity contribution in [1.29, 1.82) is 0 Å². The Kier molecular flexibility index (Phi) is 7.80. The second kappa shape index (κ2) is 13.4. The average Bonchev–Trinajstić information content (AvgIpc) is 3.78. The molecule has 2 aromatic heterocycles. The zero-order chi connectivity index (χ0) is 38.8. The Labute approximate surface area is 337 Å². The Hall–Kier alpha value is -7.43. The van der Waals surface area contributed by atoms with Gasteiger partial charge >= 0.3 is 0 Å². The fourth-order valence-electron chi connectivity index (χ4n) is 8.97. The zero-order valence-corrected chi connectivity index (χ0v) is 32.1. The Bertz CT molecular complexity index is 3200. The maximum atomic E-state index is 6.59. The van der Waals surface area contributed by atoms with Crippen LogP contribution in [0.2, 0.25) is 0 Å². The Morgan fingerprint density at radius 2 is 0.879 bits per heavy atom. The molecule has 0 N–H and O–H groups in total. The molecule has 11 rings (SSSR count). The molecule has 8 aromatic carbocycles. The minimum atomic E-state index is -0.137. The van der Waals surface area contributed by atoms with Crippen LogP contribution in [0.1, 0.15) is 25.0 Å². The summed E-state index contributed by atoms with van der Waals surface area (Å²) in [5, 5.41) is 2.14. The molecule has 0 radical (unpaired) electrons. The van der Waals surface area contributed by atoms with Crippen LogP contribution >= 0.6 is 0 Å². The van der Waals surface area contributed by atoms with Crippen LogP contribution in [0.3, 0.4) is 0 Å². The van der Waals surface area contributed by atoms with Gasteiger partial charge in [-0.05, 0) is 86.0 Å². The van der Waals surface area contributed by atoms with Crippen LogP contribution < -0.4 is 0 Å². The lowest BCUT2D eigenvalue weighted by Crippen LogP contribution is -2.16. The molecule has 0 atom stereocenters. The SMILES string of the molecule is CC1(C)c2ccccc2-c2cccc(-c3cccc(-c4nc(-c5ccccc5)nc(-c5ccc6c(c5)oc5cccc(-c7cccc(-c8ccccc8)c7)c56)n4)c3)c21. The van der Waals surface area contributed by atoms with Crippen molar-refractivity contribution in [3.05, 3.63) is 199 Å². The fraction of sp³-hybridized carbons (Fsp3) is 0.0556. The maximum Gasteiger partial charge on any atom is 0.164 e. The van der Waals surface area contributed by atoms with Crippen LogP contribution in [0.25, 0.3) is 101 Å². The topological polar surface area (TPSA) is 51.8 Å². The lowest BCUT2D eigenvalue weighted by molar-refractivity contribution is 0.662. The number of nitrogens with zero attached hydrogens (tertiary/aromatic N) is 3. The second-order valence-electron chi connectivity index (χ2n) is 15.6. The molecule has 1 aliphatic rings. The summed E-state index contributed by atoms with van der Waals surface area (Å²) < 4.78 is 6.59. The van der Waals surface area contributed by atoms with Gasteiger partial charge in [0.25, 0.3) is 0 Å². The van der Waals surface area contributed by atoms with Crippen LogP contribution in [-0.4, -0.2) is 15.0 Å². The number of furan rings is 1. The summed E-state index contributed by atoms with van der Waals surface area (Å²) in [5.74, 6) is 1.82. The number of rotatable bonds is 6. The molecule has 0 amide bonds. The van der Waals surface area contributed by atoms with Crippen LogP contribution in [0.15, 0.2) is 192 Å². The van der Waals surface area contributed by atoms with Gasteiger partial charge in [-0.1, -0.05) is 172 Å². The van der Waals surface area contributed by atoms with Crippen molar-refractivity contribution in [3.8, 4) is 78.7 Å². The molecule has 0 saturated heterocycles. The van der Waals surface area contributed by atoms with E-state index in [2.05, 4.69) is 159 Å². The Morgan fingerprint density at radius 1 is 0.362 bits per heavy atom. The first-order chi connectivity index (χ1) is 28.5. The van der Waals surface area contributed by atoms with E-state index in [-0.39, 0.29) is 5.41 Å². The Morgan fingerprint density at radius 3 is 1.66 bits per heavy atom. The average molecular weight is 744 g/mol. The normalized spacial score (nSPS) is 12.8. The fourth-order valence-corrected chi connectivity index (χ4v) is 8.97. The first kappa shape index (κ1) is 33.9. The minimum Gasteiger partial charge on any atom is -0.456 e. The molecule has 274 valence electrons. The van der Waals surface area contributed by atoms with Crippen LogP contribution in [-0.2, 0) is 5.41 Å². The number of fused-ring (bicyclic) bond motifs is 6. The van der Waals surface area contributed by atoms with Gasteiger partial charge in [-0.2, -0.15) is 0 Å². The van der Waals surface area contributed by atoms with Crippen molar-refractivity contribution in [2.24, 2.45) is 0 Å². The predicted octanol–water partition coefficient (Wildman–Crippen LogP) is 14.1. The monoisotopic (exact) mass is 743 g/mol. The van der Waals surface area contributed by atoms with E-state index in [1.807, 2.05) is 42.5 Å². The highest BCUT2D eigenvalue weighted by Gasteiger charge is 2.37. The van der Waals surface area contributed by atoms with E-state index in [1.165, 1.54) is 38.9 Å². The third-order valence-corrected chi connectivity index (χ3v) is 11.7. The van der Waals surface area contributed by atoms with Crippen LogP contribution in [0.5, 0.6) is 0 Å². The van der Waals surface area contributed by atoms with E-state index in [0.29, 0.717) is 17.5 Å². The maximum absolute atomic E-state index is 6.59. The van der Waals surface area contributed by atoms with E-state index in [1.54, 1.807) is 0 Å². The molecule has 10 aromatic rings. The second-order valence-corrected chi connectivity index (χ2v) is 15.6. The number of aromatic nitrogens is 3. The van der Waals surface area contributed by atoms with Crippen LogP contribution in [0, 0.1) is 0 Å². The highest BCUT2D eigenvalue weighted by atomic mass is 16.3. The van der Waals surface area contributed by atoms with Crippen molar-refractivity contribution >= 4 is 21.9 Å². The number of hydrogen-bond acceptors (Lipinski definition) is 4. The quantitative estimate of drug-likeness (QED) is 0.170. The summed E-state index contributed by atoms with van der Waals surface area (Å²) in [6, 6.07) is 66.0. The van der Waals surface area contributed by atoms with E-state index in [9.17, 15) is 0 Å². The van der Waals surface area contributed by atoms with Crippen LogP contribution in [0.4, 0.5) is 0 Å². The van der Waals surface area contributed by atoms with E-state index in [0.717, 1.165) is 55.3 Å². The van der Waals surface area contributed by atoms with Crippen molar-refractivity contribution in [2.75, 3.05) is 0 Å². The molecular weight excluding hydrogens is 707 g/mol. The summed E-state index contributed by atoms with van der Waals surface area (Å²) >= 11 is 0. The Balaban J connectivity index is 1.03. The lowest BCUT2D eigenvalue weighted by atomic mass is 9.79. The van der Waals surface area contributed by atoms with Crippen molar-refractivity contribution in [2.45, 2.75) is 19.3 Å². The summed E-state index contributed by atoms with van der Waals surface area (Å²) in [6.07, 6.45) is 0. The molecule has 0 bridgehead atoms. The van der Waals surface area contributed by atoms with Gasteiger partial charge in [0.1, 0.15) is 11.2 Å². The highest BCUT2D eigenvalue weighted by Crippen LogP contribution is 2.52. The molecule has 4 heteroatoms. The largest absolute Gasteiger partial charge is 0.456 e. The number of benzene rings is 8. The van der Waals surface area contributed by atoms with Gasteiger partial charge in [0.2, 0.25) is 0 Å². The van der Waals surface area contributed by atoms with E-state index in [4.69, 9.17) is 19.4 Å². The molecule has 0 aliphatic heterocycles.